The number of amides is 1. The summed E-state index contributed by atoms with van der Waals surface area (Å²) < 4.78 is 26.6. The number of ether oxygens (including phenoxy) is 1. The Bertz CT molecular complexity index is 494. The van der Waals surface area contributed by atoms with Gasteiger partial charge in [-0.2, -0.15) is 0 Å². The number of sulfone groups is 1. The third-order valence-electron chi connectivity index (χ3n) is 2.45. The first-order chi connectivity index (χ1) is 8.91. The van der Waals surface area contributed by atoms with E-state index in [4.69, 9.17) is 9.84 Å². The topological polar surface area (TPSA) is 83.9 Å². The highest BCUT2D eigenvalue weighted by Crippen LogP contribution is 2.05. The van der Waals surface area contributed by atoms with Gasteiger partial charge in [0, 0.05) is 19.3 Å². The molecule has 1 N–H and O–H groups in total. The van der Waals surface area contributed by atoms with Crippen molar-refractivity contribution >= 4 is 15.9 Å². The Kier molecular flexibility index (Phi) is 5.78. The van der Waals surface area contributed by atoms with Crippen LogP contribution in [-0.2, 0) is 14.6 Å². The maximum absolute atomic E-state index is 10.8. The number of carboxylic acid groups (broad SMARTS) is 1. The summed E-state index contributed by atoms with van der Waals surface area (Å²) in [5.41, 5.74) is 0. The molecule has 1 aliphatic heterocycles. The lowest BCUT2D eigenvalue weighted by molar-refractivity contribution is 0.0392. The van der Waals surface area contributed by atoms with E-state index in [0.717, 1.165) is 0 Å². The van der Waals surface area contributed by atoms with Gasteiger partial charge in [0.2, 0.25) is 0 Å². The van der Waals surface area contributed by atoms with Gasteiger partial charge >= 0.3 is 6.09 Å². The second-order valence-electron chi connectivity index (χ2n) is 3.97. The zero-order valence-corrected chi connectivity index (χ0v) is 11.5. The molecular formula is C12H17NO5S. The summed E-state index contributed by atoms with van der Waals surface area (Å²) in [6.45, 7) is 2.09. The molecule has 2 rings (SSSR count). The van der Waals surface area contributed by atoms with Gasteiger partial charge in [-0.05, 0) is 12.1 Å². The number of rotatable bonds is 1. The highest BCUT2D eigenvalue weighted by atomic mass is 32.2. The van der Waals surface area contributed by atoms with Crippen LogP contribution in [0.1, 0.15) is 0 Å². The Labute approximate surface area is 112 Å². The molecule has 1 amide bonds. The van der Waals surface area contributed by atoms with Crippen LogP contribution in [0.4, 0.5) is 4.79 Å². The van der Waals surface area contributed by atoms with Crippen molar-refractivity contribution < 1.29 is 23.1 Å². The zero-order valence-electron chi connectivity index (χ0n) is 10.7. The summed E-state index contributed by atoms with van der Waals surface area (Å²) in [7, 11) is -3.00. The van der Waals surface area contributed by atoms with E-state index in [0.29, 0.717) is 31.2 Å². The first-order valence-corrected chi connectivity index (χ1v) is 7.61. The van der Waals surface area contributed by atoms with Crippen molar-refractivity contribution in [3.8, 4) is 0 Å². The van der Waals surface area contributed by atoms with Gasteiger partial charge in [0.25, 0.3) is 0 Å². The van der Waals surface area contributed by atoms with Crippen molar-refractivity contribution in [1.82, 2.24) is 4.90 Å². The van der Waals surface area contributed by atoms with Crippen molar-refractivity contribution in [3.63, 3.8) is 0 Å². The Hall–Kier alpha value is -1.60. The number of carbonyl (C=O) groups is 1. The molecule has 1 aliphatic rings. The first kappa shape index (κ1) is 15.5. The third-order valence-corrected chi connectivity index (χ3v) is 3.58. The Balaban J connectivity index is 0.000000191. The average Bonchev–Trinajstić information content (AvgIpc) is 2.40. The molecule has 1 saturated heterocycles. The van der Waals surface area contributed by atoms with E-state index in [1.54, 1.807) is 30.3 Å². The van der Waals surface area contributed by atoms with Gasteiger partial charge in [-0.3, -0.25) is 0 Å². The monoisotopic (exact) mass is 287 g/mol. The molecule has 0 saturated carbocycles. The molecule has 0 aliphatic carbocycles. The summed E-state index contributed by atoms with van der Waals surface area (Å²) in [5, 5.41) is 8.41. The lowest BCUT2D eigenvalue weighted by Crippen LogP contribution is -2.39. The van der Waals surface area contributed by atoms with Gasteiger partial charge in [-0.15, -0.1) is 0 Å². The van der Waals surface area contributed by atoms with E-state index in [1.807, 2.05) is 0 Å². The maximum atomic E-state index is 10.8. The normalized spacial score (nSPS) is 15.3. The Morgan fingerprint density at radius 1 is 1.21 bits per heavy atom. The van der Waals surface area contributed by atoms with E-state index in [9.17, 15) is 13.2 Å². The second kappa shape index (κ2) is 7.10. The molecule has 1 aromatic rings. The highest BCUT2D eigenvalue weighted by molar-refractivity contribution is 7.90. The summed E-state index contributed by atoms with van der Waals surface area (Å²) in [6.07, 6.45) is 0.348. The standard InChI is InChI=1S/C7H8O2S.C5H9NO3/c1-10(8,9)7-5-3-2-4-6-7;7-5(8)6-1-3-9-4-2-6/h2-6H,1H3;1-4H2,(H,7,8). The summed E-state index contributed by atoms with van der Waals surface area (Å²) in [5.74, 6) is 0. The highest BCUT2D eigenvalue weighted by Gasteiger charge is 2.14. The van der Waals surface area contributed by atoms with E-state index in [-0.39, 0.29) is 0 Å². The van der Waals surface area contributed by atoms with Crippen molar-refractivity contribution in [2.24, 2.45) is 0 Å². The molecule has 1 heterocycles. The van der Waals surface area contributed by atoms with Crippen LogP contribution in [0.5, 0.6) is 0 Å². The van der Waals surface area contributed by atoms with Gasteiger partial charge in [-0.25, -0.2) is 13.2 Å². The van der Waals surface area contributed by atoms with Crippen LogP contribution in [0.3, 0.4) is 0 Å². The average molecular weight is 287 g/mol. The quantitative estimate of drug-likeness (QED) is 0.835. The summed E-state index contributed by atoms with van der Waals surface area (Å²) in [6, 6.07) is 8.35. The van der Waals surface area contributed by atoms with E-state index in [2.05, 4.69) is 0 Å². The molecule has 1 fully saturated rings. The molecule has 7 heteroatoms. The molecule has 0 spiro atoms. The SMILES string of the molecule is CS(=O)(=O)c1ccccc1.O=C(O)N1CCOCC1. The number of nitrogens with zero attached hydrogens (tertiary/aromatic N) is 1. The molecule has 6 nitrogen and oxygen atoms in total. The predicted octanol–water partition coefficient (Wildman–Crippen LogP) is 1.09. The van der Waals surface area contributed by atoms with Gasteiger partial charge in [0.1, 0.15) is 0 Å². The van der Waals surface area contributed by atoms with Gasteiger partial charge in [0.05, 0.1) is 18.1 Å². The number of hydrogen-bond acceptors (Lipinski definition) is 4. The smallest absolute Gasteiger partial charge is 0.407 e. The van der Waals surface area contributed by atoms with E-state index < -0.39 is 15.9 Å². The number of hydrogen-bond donors (Lipinski definition) is 1. The molecule has 106 valence electrons. The van der Waals surface area contributed by atoms with Crippen molar-refractivity contribution in [1.29, 1.82) is 0 Å². The molecule has 0 bridgehead atoms. The van der Waals surface area contributed by atoms with Crippen molar-refractivity contribution in [3.05, 3.63) is 30.3 Å². The van der Waals surface area contributed by atoms with Gasteiger partial charge in [-0.1, -0.05) is 18.2 Å². The second-order valence-corrected chi connectivity index (χ2v) is 5.98. The summed E-state index contributed by atoms with van der Waals surface area (Å²) >= 11 is 0. The molecular weight excluding hydrogens is 270 g/mol. The molecule has 1 aromatic carbocycles. The van der Waals surface area contributed by atoms with Crippen molar-refractivity contribution in [2.75, 3.05) is 32.6 Å². The number of benzene rings is 1. The predicted molar refractivity (Wildman–Crippen MR) is 70.0 cm³/mol. The van der Waals surface area contributed by atoms with Crippen LogP contribution >= 0.6 is 0 Å². The summed E-state index contributed by atoms with van der Waals surface area (Å²) in [4.78, 5) is 11.9. The molecule has 0 unspecified atom stereocenters. The lowest BCUT2D eigenvalue weighted by atomic mass is 10.4. The van der Waals surface area contributed by atoms with Crippen LogP contribution in [-0.4, -0.2) is 57.1 Å². The van der Waals surface area contributed by atoms with Crippen LogP contribution < -0.4 is 0 Å². The maximum Gasteiger partial charge on any atom is 0.407 e. The van der Waals surface area contributed by atoms with Crippen molar-refractivity contribution in [2.45, 2.75) is 4.90 Å². The minimum Gasteiger partial charge on any atom is -0.465 e. The van der Waals surface area contributed by atoms with Crippen LogP contribution in [0.15, 0.2) is 35.2 Å². The zero-order chi connectivity index (χ0) is 14.3. The first-order valence-electron chi connectivity index (χ1n) is 5.72. The Morgan fingerprint density at radius 3 is 2.05 bits per heavy atom. The van der Waals surface area contributed by atoms with E-state index >= 15 is 0 Å². The van der Waals surface area contributed by atoms with Gasteiger partial charge < -0.3 is 14.7 Å². The van der Waals surface area contributed by atoms with E-state index in [1.165, 1.54) is 11.2 Å². The fourth-order valence-electron chi connectivity index (χ4n) is 1.42. The van der Waals surface area contributed by atoms with Gasteiger partial charge in [0.15, 0.2) is 9.84 Å². The molecule has 0 atom stereocenters. The minimum absolute atomic E-state index is 0.370. The largest absolute Gasteiger partial charge is 0.465 e. The number of morpholine rings is 1. The van der Waals surface area contributed by atoms with Crippen LogP contribution in [0.25, 0.3) is 0 Å². The minimum atomic E-state index is -3.00. The van der Waals surface area contributed by atoms with Crippen LogP contribution in [0.2, 0.25) is 0 Å². The molecule has 0 radical (unpaired) electrons. The molecule has 0 aromatic heterocycles. The third kappa shape index (κ3) is 5.71. The molecule has 19 heavy (non-hydrogen) atoms. The lowest BCUT2D eigenvalue weighted by Gasteiger charge is -2.23. The Morgan fingerprint density at radius 2 is 1.74 bits per heavy atom. The fourth-order valence-corrected chi connectivity index (χ4v) is 2.07. The van der Waals surface area contributed by atoms with Crippen LogP contribution in [0, 0.1) is 0 Å². The fraction of sp³-hybridized carbons (Fsp3) is 0.417.